The molecule has 2 aromatic rings. The van der Waals surface area contributed by atoms with Crippen LogP contribution in [0.3, 0.4) is 0 Å². The highest BCUT2D eigenvalue weighted by Crippen LogP contribution is 2.11. The first-order valence-electron chi connectivity index (χ1n) is 5.80. The molecule has 0 saturated heterocycles. The Labute approximate surface area is 106 Å². The van der Waals surface area contributed by atoms with E-state index in [9.17, 15) is 0 Å². The van der Waals surface area contributed by atoms with Gasteiger partial charge in [-0.3, -0.25) is 4.68 Å². The molecule has 1 N–H and O–H groups in total. The molecule has 2 heterocycles. The van der Waals surface area contributed by atoms with E-state index in [4.69, 9.17) is 0 Å². The van der Waals surface area contributed by atoms with Crippen molar-refractivity contribution in [2.45, 2.75) is 39.4 Å². The van der Waals surface area contributed by atoms with Crippen LogP contribution in [0, 0.1) is 6.92 Å². The second-order valence-electron chi connectivity index (χ2n) is 4.25. The summed E-state index contributed by atoms with van der Waals surface area (Å²) in [5, 5.41) is 11.0. The summed E-state index contributed by atoms with van der Waals surface area (Å²) in [6.45, 7) is 7.18. The summed E-state index contributed by atoms with van der Waals surface area (Å²) in [7, 11) is 0. The van der Waals surface area contributed by atoms with E-state index in [2.05, 4.69) is 34.6 Å². The summed E-state index contributed by atoms with van der Waals surface area (Å²) < 4.78 is 1.98. The number of hydrogen-bond donors (Lipinski definition) is 1. The zero-order valence-corrected chi connectivity index (χ0v) is 11.2. The molecule has 0 fully saturated rings. The number of thiazole rings is 1. The predicted molar refractivity (Wildman–Crippen MR) is 70.1 cm³/mol. The van der Waals surface area contributed by atoms with Gasteiger partial charge in [0.2, 0.25) is 0 Å². The molecule has 0 aliphatic rings. The monoisotopic (exact) mass is 250 g/mol. The van der Waals surface area contributed by atoms with E-state index < -0.39 is 0 Å². The third kappa shape index (κ3) is 3.14. The number of aryl methyl sites for hydroxylation is 1. The molecule has 0 spiro atoms. The van der Waals surface area contributed by atoms with Crippen molar-refractivity contribution < 1.29 is 0 Å². The summed E-state index contributed by atoms with van der Waals surface area (Å²) >= 11 is 1.69. The number of nitrogens with zero attached hydrogens (tertiary/aromatic N) is 3. The van der Waals surface area contributed by atoms with E-state index in [1.54, 1.807) is 11.3 Å². The van der Waals surface area contributed by atoms with Crippen LogP contribution in [0.5, 0.6) is 0 Å². The number of aromatic nitrogens is 3. The summed E-state index contributed by atoms with van der Waals surface area (Å²) in [5.74, 6) is 0. The molecule has 0 amide bonds. The molecule has 92 valence electrons. The average molecular weight is 250 g/mol. The maximum atomic E-state index is 4.44. The molecule has 5 heteroatoms. The average Bonchev–Trinajstić information content (AvgIpc) is 2.95. The van der Waals surface area contributed by atoms with Crippen LogP contribution in [-0.4, -0.2) is 20.8 Å². The molecule has 0 saturated carbocycles. The van der Waals surface area contributed by atoms with E-state index in [0.717, 1.165) is 17.2 Å². The third-order valence-corrected chi connectivity index (χ3v) is 3.76. The van der Waals surface area contributed by atoms with Crippen LogP contribution in [0.25, 0.3) is 0 Å². The van der Waals surface area contributed by atoms with Crippen LogP contribution in [0.15, 0.2) is 23.8 Å². The van der Waals surface area contributed by atoms with Crippen molar-refractivity contribution in [3.63, 3.8) is 0 Å². The summed E-state index contributed by atoms with van der Waals surface area (Å²) in [4.78, 5) is 4.44. The largest absolute Gasteiger partial charge is 0.306 e. The Morgan fingerprint density at radius 1 is 1.47 bits per heavy atom. The van der Waals surface area contributed by atoms with Crippen molar-refractivity contribution in [3.8, 4) is 0 Å². The third-order valence-electron chi connectivity index (χ3n) is 2.94. The van der Waals surface area contributed by atoms with Crippen molar-refractivity contribution in [3.05, 3.63) is 34.5 Å². The van der Waals surface area contributed by atoms with E-state index >= 15 is 0 Å². The number of hydrogen-bond acceptors (Lipinski definition) is 4. The fourth-order valence-electron chi connectivity index (χ4n) is 1.68. The van der Waals surface area contributed by atoms with Crippen LogP contribution < -0.4 is 5.32 Å². The summed E-state index contributed by atoms with van der Waals surface area (Å²) in [6.07, 6.45) is 3.81. The molecule has 2 aromatic heterocycles. The van der Waals surface area contributed by atoms with Gasteiger partial charge in [-0.05, 0) is 26.8 Å². The van der Waals surface area contributed by atoms with Crippen molar-refractivity contribution in [1.82, 2.24) is 20.1 Å². The van der Waals surface area contributed by atoms with Gasteiger partial charge in [0.15, 0.2) is 0 Å². The van der Waals surface area contributed by atoms with E-state index in [1.165, 1.54) is 0 Å². The molecule has 0 unspecified atom stereocenters. The molecule has 0 aliphatic carbocycles. The van der Waals surface area contributed by atoms with Gasteiger partial charge in [0, 0.05) is 30.4 Å². The highest BCUT2D eigenvalue weighted by Gasteiger charge is 2.13. The van der Waals surface area contributed by atoms with Crippen molar-refractivity contribution in [2.24, 2.45) is 0 Å². The van der Waals surface area contributed by atoms with Gasteiger partial charge < -0.3 is 5.32 Å². The Balaban J connectivity index is 1.87. The summed E-state index contributed by atoms with van der Waals surface area (Å²) in [5.41, 5.74) is 1.12. The highest BCUT2D eigenvalue weighted by molar-refractivity contribution is 7.09. The quantitative estimate of drug-likeness (QED) is 0.886. The van der Waals surface area contributed by atoms with Gasteiger partial charge in [-0.2, -0.15) is 5.10 Å². The molecule has 0 aromatic carbocycles. The van der Waals surface area contributed by atoms with Crippen LogP contribution in [0.1, 0.15) is 30.6 Å². The SMILES string of the molecule is Cc1nc(CN[C@@H](C)[C@@H](C)n2cccn2)cs1. The zero-order chi connectivity index (χ0) is 12.3. The lowest BCUT2D eigenvalue weighted by Gasteiger charge is -2.21. The Kier molecular flexibility index (Phi) is 3.91. The van der Waals surface area contributed by atoms with E-state index in [0.29, 0.717) is 12.1 Å². The second kappa shape index (κ2) is 5.42. The Hall–Kier alpha value is -1.20. The second-order valence-corrected chi connectivity index (χ2v) is 5.32. The first kappa shape index (κ1) is 12.3. The lowest BCUT2D eigenvalue weighted by molar-refractivity contribution is 0.364. The van der Waals surface area contributed by atoms with Crippen LogP contribution in [0.2, 0.25) is 0 Å². The fourth-order valence-corrected chi connectivity index (χ4v) is 2.29. The fraction of sp³-hybridized carbons (Fsp3) is 0.500. The lowest BCUT2D eigenvalue weighted by Crippen LogP contribution is -2.33. The van der Waals surface area contributed by atoms with Crippen LogP contribution >= 0.6 is 11.3 Å². The molecule has 0 bridgehead atoms. The molecule has 0 radical (unpaired) electrons. The molecular formula is C12H18N4S. The molecule has 17 heavy (non-hydrogen) atoms. The van der Waals surface area contributed by atoms with Crippen molar-refractivity contribution in [1.29, 1.82) is 0 Å². The van der Waals surface area contributed by atoms with Gasteiger partial charge in [0.1, 0.15) is 0 Å². The predicted octanol–water partition coefficient (Wildman–Crippen LogP) is 2.39. The van der Waals surface area contributed by atoms with Gasteiger partial charge in [-0.15, -0.1) is 11.3 Å². The maximum Gasteiger partial charge on any atom is 0.0897 e. The smallest absolute Gasteiger partial charge is 0.0897 e. The zero-order valence-electron chi connectivity index (χ0n) is 10.4. The lowest BCUT2D eigenvalue weighted by atomic mass is 10.2. The molecular weight excluding hydrogens is 232 g/mol. The number of rotatable bonds is 5. The van der Waals surface area contributed by atoms with Gasteiger partial charge in [-0.25, -0.2) is 4.98 Å². The minimum absolute atomic E-state index is 0.338. The molecule has 4 nitrogen and oxygen atoms in total. The molecule has 2 atom stereocenters. The maximum absolute atomic E-state index is 4.44. The van der Waals surface area contributed by atoms with Gasteiger partial charge in [0.25, 0.3) is 0 Å². The van der Waals surface area contributed by atoms with E-state index in [-0.39, 0.29) is 0 Å². The van der Waals surface area contributed by atoms with E-state index in [1.807, 2.05) is 30.1 Å². The van der Waals surface area contributed by atoms with Crippen LogP contribution in [0.4, 0.5) is 0 Å². The minimum Gasteiger partial charge on any atom is -0.306 e. The minimum atomic E-state index is 0.338. The van der Waals surface area contributed by atoms with Crippen LogP contribution in [-0.2, 0) is 6.54 Å². The summed E-state index contributed by atoms with van der Waals surface area (Å²) in [6, 6.07) is 2.65. The first-order chi connectivity index (χ1) is 8.16. The Morgan fingerprint density at radius 3 is 2.88 bits per heavy atom. The Morgan fingerprint density at radius 2 is 2.29 bits per heavy atom. The van der Waals surface area contributed by atoms with Gasteiger partial charge >= 0.3 is 0 Å². The highest BCUT2D eigenvalue weighted by atomic mass is 32.1. The normalized spacial score (nSPS) is 14.8. The molecule has 2 rings (SSSR count). The van der Waals surface area contributed by atoms with Crippen molar-refractivity contribution in [2.75, 3.05) is 0 Å². The van der Waals surface area contributed by atoms with Gasteiger partial charge in [-0.1, -0.05) is 0 Å². The standard InChI is InChI=1S/C12H18N4S/c1-9(10(2)16-6-4-5-14-16)13-7-12-8-17-11(3)15-12/h4-6,8-10,13H,7H2,1-3H3/t9-,10+/m0/s1. The molecule has 0 aliphatic heterocycles. The topological polar surface area (TPSA) is 42.7 Å². The van der Waals surface area contributed by atoms with Crippen molar-refractivity contribution >= 4 is 11.3 Å². The Bertz CT molecular complexity index is 449. The number of nitrogens with one attached hydrogen (secondary N) is 1. The first-order valence-corrected chi connectivity index (χ1v) is 6.68. The van der Waals surface area contributed by atoms with Gasteiger partial charge in [0.05, 0.1) is 16.7 Å².